The average Bonchev–Trinajstić information content (AvgIpc) is 2.55. The number of piperidine rings is 1. The lowest BCUT2D eigenvalue weighted by molar-refractivity contribution is 0.117. The monoisotopic (exact) mass is 349 g/mol. The van der Waals surface area contributed by atoms with Crippen molar-refractivity contribution >= 4 is 23.0 Å². The third-order valence-corrected chi connectivity index (χ3v) is 5.05. The summed E-state index contributed by atoms with van der Waals surface area (Å²) >= 11 is 5.74. The number of likely N-dealkylation sites (tertiary alicyclic amines) is 1. The minimum Gasteiger partial charge on any atom is -0.497 e. The Morgan fingerprint density at radius 3 is 2.46 bits per heavy atom. The first-order chi connectivity index (χ1) is 11.4. The molecule has 0 aromatic heterocycles. The van der Waals surface area contributed by atoms with E-state index in [1.165, 1.54) is 0 Å². The normalized spacial score (nSPS) is 16.5. The van der Waals surface area contributed by atoms with Crippen molar-refractivity contribution in [2.45, 2.75) is 58.7 Å². The van der Waals surface area contributed by atoms with Gasteiger partial charge in [-0.15, -0.1) is 0 Å². The molecule has 1 N–H and O–H groups in total. The molecule has 0 atom stereocenters. The van der Waals surface area contributed by atoms with Gasteiger partial charge in [0.15, 0.2) is 5.11 Å². The number of benzene rings is 1. The van der Waals surface area contributed by atoms with Gasteiger partial charge in [0.1, 0.15) is 5.75 Å². The van der Waals surface area contributed by atoms with Crippen LogP contribution in [-0.2, 0) is 0 Å². The van der Waals surface area contributed by atoms with E-state index in [9.17, 15) is 0 Å². The second-order valence-corrected chi connectivity index (χ2v) is 7.41. The molecule has 0 spiro atoms. The Balaban J connectivity index is 2.03. The van der Waals surface area contributed by atoms with Gasteiger partial charge in [-0.3, -0.25) is 0 Å². The van der Waals surface area contributed by atoms with Crippen molar-refractivity contribution in [3.63, 3.8) is 0 Å². The molecule has 0 unspecified atom stereocenters. The van der Waals surface area contributed by atoms with Crippen LogP contribution in [0.15, 0.2) is 24.3 Å². The van der Waals surface area contributed by atoms with Crippen LogP contribution >= 0.6 is 12.2 Å². The molecule has 1 aromatic rings. The Morgan fingerprint density at radius 1 is 1.25 bits per heavy atom. The number of hydrogen-bond donors (Lipinski definition) is 1. The van der Waals surface area contributed by atoms with Gasteiger partial charge in [0.2, 0.25) is 0 Å². The molecule has 1 heterocycles. The number of anilines is 1. The van der Waals surface area contributed by atoms with Crippen LogP contribution < -0.4 is 10.1 Å². The Labute approximate surface area is 152 Å². The van der Waals surface area contributed by atoms with Gasteiger partial charge < -0.3 is 19.9 Å². The fraction of sp³-hybridized carbons (Fsp3) is 0.632. The van der Waals surface area contributed by atoms with Gasteiger partial charge in [-0.05, 0) is 64.9 Å². The molecule has 5 heteroatoms. The highest BCUT2D eigenvalue weighted by Crippen LogP contribution is 2.23. The average molecular weight is 350 g/mol. The molecule has 0 amide bonds. The van der Waals surface area contributed by atoms with E-state index in [0.717, 1.165) is 42.5 Å². The summed E-state index contributed by atoms with van der Waals surface area (Å²) in [5.41, 5.74) is 0.976. The highest BCUT2D eigenvalue weighted by molar-refractivity contribution is 7.80. The molecule has 134 valence electrons. The van der Waals surface area contributed by atoms with Gasteiger partial charge in [0.05, 0.1) is 7.11 Å². The van der Waals surface area contributed by atoms with Gasteiger partial charge in [-0.1, -0.05) is 6.07 Å². The summed E-state index contributed by atoms with van der Waals surface area (Å²) in [6.45, 7) is 11.3. The van der Waals surface area contributed by atoms with Crippen LogP contribution in [0, 0.1) is 0 Å². The molecule has 1 aliphatic rings. The van der Waals surface area contributed by atoms with Crippen LogP contribution in [-0.4, -0.2) is 53.2 Å². The van der Waals surface area contributed by atoms with Crippen molar-refractivity contribution < 1.29 is 4.74 Å². The summed E-state index contributed by atoms with van der Waals surface area (Å²) in [6, 6.07) is 9.43. The van der Waals surface area contributed by atoms with Crippen LogP contribution in [0.1, 0.15) is 40.5 Å². The van der Waals surface area contributed by atoms with Crippen molar-refractivity contribution in [1.29, 1.82) is 0 Å². The van der Waals surface area contributed by atoms with E-state index < -0.39 is 0 Å². The molecule has 2 rings (SSSR count). The molecule has 1 aliphatic heterocycles. The van der Waals surface area contributed by atoms with Gasteiger partial charge in [-0.2, -0.15) is 0 Å². The zero-order chi connectivity index (χ0) is 17.7. The number of nitrogens with zero attached hydrogens (tertiary/aromatic N) is 2. The first-order valence-electron chi connectivity index (χ1n) is 8.89. The maximum absolute atomic E-state index is 5.74. The molecule has 1 saturated heterocycles. The Kier molecular flexibility index (Phi) is 6.87. The Hall–Kier alpha value is -1.33. The number of thiocarbonyl (C=S) groups is 1. The van der Waals surface area contributed by atoms with E-state index in [1.807, 2.05) is 24.3 Å². The maximum atomic E-state index is 5.74. The number of ether oxygens (including phenoxy) is 1. The highest BCUT2D eigenvalue weighted by atomic mass is 32.1. The zero-order valence-corrected chi connectivity index (χ0v) is 16.4. The molecule has 24 heavy (non-hydrogen) atoms. The van der Waals surface area contributed by atoms with Crippen molar-refractivity contribution in [2.75, 3.05) is 25.5 Å². The lowest BCUT2D eigenvalue weighted by atomic mass is 10.0. The van der Waals surface area contributed by atoms with E-state index in [0.29, 0.717) is 18.1 Å². The van der Waals surface area contributed by atoms with Crippen LogP contribution in [0.5, 0.6) is 5.75 Å². The maximum Gasteiger partial charge on any atom is 0.173 e. The molecule has 0 aliphatic carbocycles. The lowest BCUT2D eigenvalue weighted by Crippen LogP contribution is -2.52. The van der Waals surface area contributed by atoms with Crippen molar-refractivity contribution in [1.82, 2.24) is 9.80 Å². The number of hydrogen-bond acceptors (Lipinski definition) is 3. The fourth-order valence-corrected chi connectivity index (χ4v) is 3.87. The summed E-state index contributed by atoms with van der Waals surface area (Å²) in [7, 11) is 1.68. The first kappa shape index (κ1) is 19.0. The van der Waals surface area contributed by atoms with E-state index >= 15 is 0 Å². The largest absolute Gasteiger partial charge is 0.497 e. The molecule has 4 nitrogen and oxygen atoms in total. The summed E-state index contributed by atoms with van der Waals surface area (Å²) in [5, 5.41) is 4.20. The van der Waals surface area contributed by atoms with Crippen LogP contribution in [0.4, 0.5) is 5.69 Å². The molecular formula is C19H31N3OS. The zero-order valence-electron chi connectivity index (χ0n) is 15.6. The summed E-state index contributed by atoms with van der Waals surface area (Å²) in [5.74, 6) is 0.837. The lowest BCUT2D eigenvalue weighted by Gasteiger charge is -2.43. The number of rotatable bonds is 5. The third-order valence-electron chi connectivity index (χ3n) is 4.73. The molecule has 0 radical (unpaired) electrons. The predicted molar refractivity (Wildman–Crippen MR) is 106 cm³/mol. The van der Waals surface area contributed by atoms with Gasteiger partial charge in [0, 0.05) is 43.0 Å². The van der Waals surface area contributed by atoms with Crippen LogP contribution in [0.25, 0.3) is 0 Å². The second-order valence-electron chi connectivity index (χ2n) is 7.02. The molecular weight excluding hydrogens is 318 g/mol. The summed E-state index contributed by atoms with van der Waals surface area (Å²) in [6.07, 6.45) is 2.33. The third kappa shape index (κ3) is 4.84. The van der Waals surface area contributed by atoms with Gasteiger partial charge >= 0.3 is 0 Å². The Morgan fingerprint density at radius 2 is 1.92 bits per heavy atom. The van der Waals surface area contributed by atoms with E-state index in [2.05, 4.69) is 42.8 Å². The number of methoxy groups -OCH3 is 1. The molecule has 0 bridgehead atoms. The van der Waals surface area contributed by atoms with Crippen LogP contribution in [0.2, 0.25) is 0 Å². The molecule has 1 fully saturated rings. The first-order valence-corrected chi connectivity index (χ1v) is 9.30. The smallest absolute Gasteiger partial charge is 0.173 e. The minimum absolute atomic E-state index is 0.381. The molecule has 0 saturated carbocycles. The quantitative estimate of drug-likeness (QED) is 0.812. The number of nitrogens with one attached hydrogen (secondary N) is 1. The van der Waals surface area contributed by atoms with Crippen molar-refractivity contribution in [3.8, 4) is 5.75 Å². The van der Waals surface area contributed by atoms with Gasteiger partial charge in [-0.25, -0.2) is 0 Å². The summed E-state index contributed by atoms with van der Waals surface area (Å²) < 4.78 is 5.29. The van der Waals surface area contributed by atoms with E-state index in [-0.39, 0.29) is 0 Å². The van der Waals surface area contributed by atoms with Crippen LogP contribution in [0.3, 0.4) is 0 Å². The van der Waals surface area contributed by atoms with Crippen molar-refractivity contribution in [3.05, 3.63) is 24.3 Å². The highest BCUT2D eigenvalue weighted by Gasteiger charge is 2.28. The van der Waals surface area contributed by atoms with E-state index in [1.54, 1.807) is 7.11 Å². The SMILES string of the molecule is COc1cccc(NC(=S)N(C(C)C)C2CCN(C(C)C)CC2)c1. The topological polar surface area (TPSA) is 27.7 Å². The standard InChI is InChI=1S/C19H31N3OS/c1-14(2)21-11-9-17(10-12-21)22(15(3)4)19(24)20-16-7-6-8-18(13-16)23-5/h6-8,13-15,17H,9-12H2,1-5H3,(H,20,24). The van der Waals surface area contributed by atoms with E-state index in [4.69, 9.17) is 17.0 Å². The Bertz CT molecular complexity index is 539. The second kappa shape index (κ2) is 8.67. The van der Waals surface area contributed by atoms with Gasteiger partial charge in [0.25, 0.3) is 0 Å². The van der Waals surface area contributed by atoms with Crippen molar-refractivity contribution in [2.24, 2.45) is 0 Å². The minimum atomic E-state index is 0.381. The predicted octanol–water partition coefficient (Wildman–Crippen LogP) is 3.98. The fourth-order valence-electron chi connectivity index (χ4n) is 3.39. The molecule has 1 aromatic carbocycles. The summed E-state index contributed by atoms with van der Waals surface area (Å²) in [4.78, 5) is 4.92.